The van der Waals surface area contributed by atoms with Crippen molar-refractivity contribution in [2.75, 3.05) is 31.1 Å². The molecule has 1 N–H and O–H groups in total. The third kappa shape index (κ3) is 8.61. The topological polar surface area (TPSA) is 15.3 Å². The lowest BCUT2D eigenvalue weighted by atomic mass is 10.0. The maximum Gasteiger partial charge on any atom is 0.389 e. The summed E-state index contributed by atoms with van der Waals surface area (Å²) in [5.74, 6) is 0. The number of unbranched alkanes of at least 4 members (excludes halogenated alkanes) is 6. The number of anilines is 1. The van der Waals surface area contributed by atoms with Crippen LogP contribution in [0.5, 0.6) is 0 Å². The zero-order chi connectivity index (χ0) is 18.0. The van der Waals surface area contributed by atoms with E-state index in [1.807, 2.05) is 0 Å². The average molecular weight is 356 g/mol. The molecule has 25 heavy (non-hydrogen) atoms. The Morgan fingerprint density at radius 3 is 1.96 bits per heavy atom. The number of benzene rings is 1. The van der Waals surface area contributed by atoms with E-state index in [1.54, 1.807) is 0 Å². The van der Waals surface area contributed by atoms with Crippen LogP contribution in [0.1, 0.15) is 56.9 Å². The van der Waals surface area contributed by atoms with E-state index in [9.17, 15) is 13.2 Å². The van der Waals surface area contributed by atoms with E-state index >= 15 is 0 Å². The second-order valence-electron chi connectivity index (χ2n) is 6.99. The summed E-state index contributed by atoms with van der Waals surface area (Å²) >= 11 is 0. The summed E-state index contributed by atoms with van der Waals surface area (Å²) in [4.78, 5) is 2.42. The number of piperazine rings is 1. The van der Waals surface area contributed by atoms with Crippen molar-refractivity contribution in [1.82, 2.24) is 5.32 Å². The van der Waals surface area contributed by atoms with E-state index < -0.39 is 12.6 Å². The highest BCUT2D eigenvalue weighted by Crippen LogP contribution is 2.23. The van der Waals surface area contributed by atoms with Gasteiger partial charge in [0.15, 0.2) is 0 Å². The normalized spacial score (nSPS) is 15.6. The Morgan fingerprint density at radius 2 is 1.36 bits per heavy atom. The van der Waals surface area contributed by atoms with Crippen LogP contribution in [0, 0.1) is 0 Å². The Morgan fingerprint density at radius 1 is 0.800 bits per heavy atom. The fourth-order valence-electron chi connectivity index (χ4n) is 3.33. The minimum Gasteiger partial charge on any atom is -0.369 e. The average Bonchev–Trinajstić information content (AvgIpc) is 2.61. The summed E-state index contributed by atoms with van der Waals surface area (Å²) in [7, 11) is 0. The summed E-state index contributed by atoms with van der Waals surface area (Å²) in [5, 5.41) is 3.37. The smallest absolute Gasteiger partial charge is 0.369 e. The van der Waals surface area contributed by atoms with Crippen molar-refractivity contribution >= 4 is 5.69 Å². The van der Waals surface area contributed by atoms with Crippen LogP contribution >= 0.6 is 0 Å². The van der Waals surface area contributed by atoms with Crippen LogP contribution in [-0.2, 0) is 6.42 Å². The Kier molecular flexibility index (Phi) is 8.59. The van der Waals surface area contributed by atoms with Crippen molar-refractivity contribution in [3.63, 3.8) is 0 Å². The van der Waals surface area contributed by atoms with Gasteiger partial charge in [0.2, 0.25) is 0 Å². The molecule has 0 unspecified atom stereocenters. The molecule has 2 rings (SSSR count). The molecule has 0 radical (unpaired) electrons. The van der Waals surface area contributed by atoms with Crippen LogP contribution < -0.4 is 10.2 Å². The molecular formula is C20H31F3N2. The van der Waals surface area contributed by atoms with E-state index in [2.05, 4.69) is 34.5 Å². The minimum absolute atomic E-state index is 0.281. The van der Waals surface area contributed by atoms with Crippen LogP contribution in [0.4, 0.5) is 18.9 Å². The quantitative estimate of drug-likeness (QED) is 0.571. The molecule has 0 amide bonds. The van der Waals surface area contributed by atoms with E-state index in [4.69, 9.17) is 0 Å². The van der Waals surface area contributed by atoms with Crippen molar-refractivity contribution in [2.45, 2.75) is 64.0 Å². The first kappa shape index (κ1) is 20.1. The molecule has 1 aromatic carbocycles. The molecule has 0 spiro atoms. The number of nitrogens with one attached hydrogen (secondary N) is 1. The molecule has 5 heteroatoms. The van der Waals surface area contributed by atoms with Gasteiger partial charge in [-0.25, -0.2) is 0 Å². The Hall–Kier alpha value is -1.23. The number of rotatable bonds is 10. The van der Waals surface area contributed by atoms with Gasteiger partial charge >= 0.3 is 6.18 Å². The number of nitrogens with zero attached hydrogens (tertiary/aromatic N) is 1. The Labute approximate surface area is 149 Å². The molecular weight excluding hydrogens is 325 g/mol. The summed E-state index contributed by atoms with van der Waals surface area (Å²) in [5.41, 5.74) is 2.69. The predicted molar refractivity (Wildman–Crippen MR) is 98.2 cm³/mol. The molecule has 0 atom stereocenters. The summed E-state index contributed by atoms with van der Waals surface area (Å²) in [6.07, 6.45) is 2.90. The molecule has 0 aliphatic carbocycles. The third-order valence-electron chi connectivity index (χ3n) is 4.84. The van der Waals surface area contributed by atoms with Crippen molar-refractivity contribution in [3.05, 3.63) is 29.8 Å². The zero-order valence-corrected chi connectivity index (χ0v) is 15.1. The number of hydrogen-bond donors (Lipinski definition) is 1. The number of halogens is 3. The molecule has 1 aromatic rings. The highest BCUT2D eigenvalue weighted by molar-refractivity contribution is 5.48. The second-order valence-corrected chi connectivity index (χ2v) is 6.99. The van der Waals surface area contributed by atoms with Gasteiger partial charge in [-0.15, -0.1) is 0 Å². The van der Waals surface area contributed by atoms with Gasteiger partial charge in [-0.3, -0.25) is 0 Å². The molecule has 1 saturated heterocycles. The lowest BCUT2D eigenvalue weighted by molar-refractivity contribution is -0.135. The maximum atomic E-state index is 12.0. The van der Waals surface area contributed by atoms with Crippen LogP contribution in [0.15, 0.2) is 24.3 Å². The van der Waals surface area contributed by atoms with Crippen molar-refractivity contribution in [2.24, 2.45) is 0 Å². The van der Waals surface area contributed by atoms with Gasteiger partial charge in [0.05, 0.1) is 0 Å². The molecule has 0 bridgehead atoms. The lowest BCUT2D eigenvalue weighted by Gasteiger charge is -2.29. The summed E-state index contributed by atoms with van der Waals surface area (Å²) in [6, 6.07) is 8.91. The summed E-state index contributed by atoms with van der Waals surface area (Å²) in [6.45, 7) is 4.25. The second kappa shape index (κ2) is 10.7. The van der Waals surface area contributed by atoms with Crippen LogP contribution in [0.3, 0.4) is 0 Å². The van der Waals surface area contributed by atoms with Gasteiger partial charge in [0, 0.05) is 38.3 Å². The molecule has 1 aliphatic rings. The molecule has 2 nitrogen and oxygen atoms in total. The third-order valence-corrected chi connectivity index (χ3v) is 4.84. The van der Waals surface area contributed by atoms with Gasteiger partial charge in [-0.2, -0.15) is 13.2 Å². The maximum absolute atomic E-state index is 12.0. The fraction of sp³-hybridized carbons (Fsp3) is 0.700. The first-order chi connectivity index (χ1) is 12.0. The standard InChI is InChI=1S/C20H31F3N2/c21-20(22,23)13-7-5-3-1-2-4-6-8-18-9-11-19(12-10-18)25-16-14-24-15-17-25/h9-12,24H,1-8,13-17H2. The van der Waals surface area contributed by atoms with E-state index in [0.29, 0.717) is 6.42 Å². The van der Waals surface area contributed by atoms with E-state index in [1.165, 1.54) is 17.7 Å². The minimum atomic E-state index is -3.99. The van der Waals surface area contributed by atoms with Crippen LogP contribution in [0.2, 0.25) is 0 Å². The molecule has 1 heterocycles. The first-order valence-electron chi connectivity index (χ1n) is 9.66. The van der Waals surface area contributed by atoms with Gasteiger partial charge in [0.25, 0.3) is 0 Å². The highest BCUT2D eigenvalue weighted by Gasteiger charge is 2.25. The Balaban J connectivity index is 1.50. The van der Waals surface area contributed by atoms with Gasteiger partial charge in [-0.1, -0.05) is 44.2 Å². The monoisotopic (exact) mass is 356 g/mol. The number of alkyl halides is 3. The molecule has 0 saturated carbocycles. The largest absolute Gasteiger partial charge is 0.389 e. The predicted octanol–water partition coefficient (Wildman–Crippen LogP) is 5.32. The Bertz CT molecular complexity index is 465. The molecule has 1 aliphatic heterocycles. The lowest BCUT2D eigenvalue weighted by Crippen LogP contribution is -2.43. The zero-order valence-electron chi connectivity index (χ0n) is 15.1. The highest BCUT2D eigenvalue weighted by atomic mass is 19.4. The van der Waals surface area contributed by atoms with Gasteiger partial charge < -0.3 is 10.2 Å². The van der Waals surface area contributed by atoms with Crippen LogP contribution in [-0.4, -0.2) is 32.4 Å². The van der Waals surface area contributed by atoms with E-state index in [-0.39, 0.29) is 6.42 Å². The van der Waals surface area contributed by atoms with Crippen LogP contribution in [0.25, 0.3) is 0 Å². The number of hydrogen-bond acceptors (Lipinski definition) is 2. The van der Waals surface area contributed by atoms with Crippen molar-refractivity contribution < 1.29 is 13.2 Å². The summed E-state index contributed by atoms with van der Waals surface area (Å²) < 4.78 is 36.1. The van der Waals surface area contributed by atoms with Crippen molar-refractivity contribution in [3.8, 4) is 0 Å². The van der Waals surface area contributed by atoms with Gasteiger partial charge in [0.1, 0.15) is 0 Å². The first-order valence-corrected chi connectivity index (χ1v) is 9.66. The van der Waals surface area contributed by atoms with E-state index in [0.717, 1.165) is 58.3 Å². The molecule has 1 fully saturated rings. The SMILES string of the molecule is FC(F)(F)CCCCCCCCCc1ccc(N2CCNCC2)cc1. The molecule has 142 valence electrons. The fourth-order valence-corrected chi connectivity index (χ4v) is 3.33. The molecule has 0 aromatic heterocycles. The van der Waals surface area contributed by atoms with Crippen molar-refractivity contribution in [1.29, 1.82) is 0 Å². The number of aryl methyl sites for hydroxylation is 1. The van der Waals surface area contributed by atoms with Gasteiger partial charge in [-0.05, 0) is 37.0 Å².